The van der Waals surface area contributed by atoms with Crippen LogP contribution in [0.1, 0.15) is 21.8 Å². The average molecular weight is 277 g/mol. The van der Waals surface area contributed by atoms with Crippen LogP contribution >= 0.6 is 0 Å². The molecule has 0 aliphatic rings. The number of aldehydes is 1. The number of ether oxygens (including phenoxy) is 3. The highest BCUT2D eigenvalue weighted by Crippen LogP contribution is 2.30. The van der Waals surface area contributed by atoms with Crippen molar-refractivity contribution < 1.29 is 23.5 Å². The van der Waals surface area contributed by atoms with Crippen LogP contribution in [0.3, 0.4) is 0 Å². The fourth-order valence-electron chi connectivity index (χ4n) is 1.72. The molecule has 0 N–H and O–H groups in total. The predicted molar refractivity (Wildman–Crippen MR) is 69.9 cm³/mol. The van der Waals surface area contributed by atoms with Crippen LogP contribution in [0.5, 0.6) is 11.5 Å². The summed E-state index contributed by atoms with van der Waals surface area (Å²) in [6, 6.07) is 6.84. The Morgan fingerprint density at radius 2 is 2.15 bits per heavy atom. The second-order valence-electron chi connectivity index (χ2n) is 4.00. The fourth-order valence-corrected chi connectivity index (χ4v) is 1.72. The third-order valence-corrected chi connectivity index (χ3v) is 2.61. The van der Waals surface area contributed by atoms with Crippen LogP contribution in [0.15, 0.2) is 28.8 Å². The van der Waals surface area contributed by atoms with Gasteiger partial charge < -0.3 is 18.7 Å². The Morgan fingerprint density at radius 3 is 2.85 bits per heavy atom. The topological polar surface area (TPSA) is 70.8 Å². The number of carbonyl (C=O) groups is 1. The van der Waals surface area contributed by atoms with Gasteiger partial charge in [0.15, 0.2) is 23.5 Å². The van der Waals surface area contributed by atoms with Gasteiger partial charge in [-0.25, -0.2) is 0 Å². The molecule has 0 aliphatic heterocycles. The van der Waals surface area contributed by atoms with E-state index in [9.17, 15) is 4.79 Å². The van der Waals surface area contributed by atoms with Gasteiger partial charge in [-0.3, -0.25) is 4.79 Å². The number of benzene rings is 1. The molecule has 0 amide bonds. The molecule has 6 nitrogen and oxygen atoms in total. The molecule has 1 aromatic carbocycles. The maximum Gasteiger partial charge on any atom is 0.172 e. The van der Waals surface area contributed by atoms with E-state index in [0.29, 0.717) is 35.1 Å². The zero-order valence-electron chi connectivity index (χ0n) is 11.3. The zero-order chi connectivity index (χ0) is 14.4. The van der Waals surface area contributed by atoms with Gasteiger partial charge in [0.05, 0.1) is 12.7 Å². The van der Waals surface area contributed by atoms with Crippen molar-refractivity contribution >= 4 is 6.29 Å². The summed E-state index contributed by atoms with van der Waals surface area (Å²) >= 11 is 0. The van der Waals surface area contributed by atoms with E-state index < -0.39 is 0 Å². The molecule has 0 spiro atoms. The Kier molecular flexibility index (Phi) is 4.73. The Morgan fingerprint density at radius 1 is 1.30 bits per heavy atom. The van der Waals surface area contributed by atoms with Gasteiger partial charge in [0.1, 0.15) is 18.9 Å². The quantitative estimate of drug-likeness (QED) is 0.723. The zero-order valence-corrected chi connectivity index (χ0v) is 11.3. The third-order valence-electron chi connectivity index (χ3n) is 2.61. The maximum atomic E-state index is 11.0. The van der Waals surface area contributed by atoms with Gasteiger partial charge in [-0.15, -0.1) is 0 Å². The first-order chi connectivity index (χ1) is 9.78. The molecule has 1 heterocycles. The summed E-state index contributed by atoms with van der Waals surface area (Å²) in [6.45, 7) is 0.523. The second-order valence-corrected chi connectivity index (χ2v) is 4.00. The molecule has 1 aromatic heterocycles. The van der Waals surface area contributed by atoms with Crippen LogP contribution in [0.25, 0.3) is 0 Å². The van der Waals surface area contributed by atoms with Crippen molar-refractivity contribution in [3.8, 4) is 11.5 Å². The normalized spacial score (nSPS) is 10.3. The lowest BCUT2D eigenvalue weighted by molar-refractivity contribution is 0.111. The van der Waals surface area contributed by atoms with Crippen molar-refractivity contribution in [1.29, 1.82) is 0 Å². The third kappa shape index (κ3) is 3.16. The number of rotatable bonds is 7. The van der Waals surface area contributed by atoms with E-state index in [-0.39, 0.29) is 6.61 Å². The van der Waals surface area contributed by atoms with Gasteiger partial charge in [-0.2, -0.15) is 0 Å². The predicted octanol–water partition coefficient (Wildman–Crippen LogP) is 2.22. The van der Waals surface area contributed by atoms with Crippen LogP contribution in [0.4, 0.5) is 0 Å². The molecule has 0 atom stereocenters. The Hall–Kier alpha value is -2.34. The molecular formula is C14H15NO5. The number of para-hydroxylation sites is 1. The first-order valence-electron chi connectivity index (χ1n) is 5.97. The van der Waals surface area contributed by atoms with E-state index in [1.807, 2.05) is 0 Å². The summed E-state index contributed by atoms with van der Waals surface area (Å²) in [5, 5.41) is 3.85. The van der Waals surface area contributed by atoms with Crippen LogP contribution < -0.4 is 9.47 Å². The van der Waals surface area contributed by atoms with Crippen molar-refractivity contribution in [1.82, 2.24) is 5.16 Å². The number of nitrogens with zero attached hydrogens (tertiary/aromatic N) is 1. The standard InChI is InChI=1S/C14H15NO5/c1-17-9-12-6-11(15-20-12)8-19-14-10(7-16)4-3-5-13(14)18-2/h3-7H,8-9H2,1-2H3. The molecule has 20 heavy (non-hydrogen) atoms. The second kappa shape index (κ2) is 6.72. The van der Waals surface area contributed by atoms with E-state index in [2.05, 4.69) is 5.16 Å². The van der Waals surface area contributed by atoms with Crippen molar-refractivity contribution in [3.05, 3.63) is 41.3 Å². The van der Waals surface area contributed by atoms with Crippen LogP contribution in [-0.4, -0.2) is 25.7 Å². The summed E-state index contributed by atoms with van der Waals surface area (Å²) in [5.41, 5.74) is 1.03. The molecule has 0 aliphatic carbocycles. The van der Waals surface area contributed by atoms with E-state index in [4.69, 9.17) is 18.7 Å². The van der Waals surface area contributed by atoms with Gasteiger partial charge in [0, 0.05) is 13.2 Å². The smallest absolute Gasteiger partial charge is 0.172 e. The first kappa shape index (κ1) is 14.1. The monoisotopic (exact) mass is 277 g/mol. The molecule has 0 unspecified atom stereocenters. The molecule has 0 bridgehead atoms. The summed E-state index contributed by atoms with van der Waals surface area (Å²) in [4.78, 5) is 11.0. The van der Waals surface area contributed by atoms with Crippen LogP contribution in [0, 0.1) is 0 Å². The largest absolute Gasteiger partial charge is 0.493 e. The average Bonchev–Trinajstić information content (AvgIpc) is 2.92. The highest BCUT2D eigenvalue weighted by Gasteiger charge is 2.12. The van der Waals surface area contributed by atoms with E-state index in [1.165, 1.54) is 7.11 Å². The van der Waals surface area contributed by atoms with Crippen LogP contribution in [0.2, 0.25) is 0 Å². The van der Waals surface area contributed by atoms with Gasteiger partial charge >= 0.3 is 0 Å². The van der Waals surface area contributed by atoms with E-state index >= 15 is 0 Å². The van der Waals surface area contributed by atoms with Crippen molar-refractivity contribution in [2.75, 3.05) is 14.2 Å². The van der Waals surface area contributed by atoms with Crippen LogP contribution in [-0.2, 0) is 18.0 Å². The molecule has 0 saturated carbocycles. The first-order valence-corrected chi connectivity index (χ1v) is 5.97. The summed E-state index contributed by atoms with van der Waals surface area (Å²) in [7, 11) is 3.09. The number of hydrogen-bond acceptors (Lipinski definition) is 6. The van der Waals surface area contributed by atoms with Gasteiger partial charge in [-0.1, -0.05) is 11.2 Å². The molecule has 2 aromatic rings. The molecular weight excluding hydrogens is 262 g/mol. The van der Waals surface area contributed by atoms with E-state index in [0.717, 1.165) is 6.29 Å². The fraction of sp³-hybridized carbons (Fsp3) is 0.286. The highest BCUT2D eigenvalue weighted by molar-refractivity contribution is 5.81. The van der Waals surface area contributed by atoms with Gasteiger partial charge in [0.25, 0.3) is 0 Å². The number of aromatic nitrogens is 1. The molecule has 0 saturated heterocycles. The Balaban J connectivity index is 2.11. The lowest BCUT2D eigenvalue weighted by Crippen LogP contribution is -2.00. The minimum atomic E-state index is 0.175. The molecule has 0 fully saturated rings. The number of methoxy groups -OCH3 is 2. The maximum absolute atomic E-state index is 11.0. The molecule has 2 rings (SSSR count). The minimum absolute atomic E-state index is 0.175. The summed E-state index contributed by atoms with van der Waals surface area (Å²) < 4.78 is 20.8. The van der Waals surface area contributed by atoms with Crippen molar-refractivity contribution in [2.45, 2.75) is 13.2 Å². The lowest BCUT2D eigenvalue weighted by Gasteiger charge is -2.11. The van der Waals surface area contributed by atoms with Gasteiger partial charge in [-0.05, 0) is 12.1 Å². The summed E-state index contributed by atoms with van der Waals surface area (Å²) in [6.07, 6.45) is 0.719. The van der Waals surface area contributed by atoms with E-state index in [1.54, 1.807) is 31.4 Å². The highest BCUT2D eigenvalue weighted by atomic mass is 16.5. The van der Waals surface area contributed by atoms with Crippen molar-refractivity contribution in [2.24, 2.45) is 0 Å². The minimum Gasteiger partial charge on any atom is -0.493 e. The number of carbonyl (C=O) groups excluding carboxylic acids is 1. The molecule has 106 valence electrons. The summed E-state index contributed by atoms with van der Waals surface area (Å²) in [5.74, 6) is 1.50. The number of hydrogen-bond donors (Lipinski definition) is 0. The molecule has 6 heteroatoms. The Labute approximate surface area is 116 Å². The van der Waals surface area contributed by atoms with Gasteiger partial charge in [0.2, 0.25) is 0 Å². The van der Waals surface area contributed by atoms with Crippen molar-refractivity contribution in [3.63, 3.8) is 0 Å². The Bertz CT molecular complexity index is 579. The SMILES string of the molecule is COCc1cc(COc2c(C=O)cccc2OC)no1. The molecule has 0 radical (unpaired) electrons. The lowest BCUT2D eigenvalue weighted by atomic mass is 10.2.